The molecule has 2 aromatic rings. The minimum Gasteiger partial charge on any atom is -0.465 e. The van der Waals surface area contributed by atoms with E-state index in [4.69, 9.17) is 21.1 Å². The number of ether oxygens (including phenoxy) is 2. The molecule has 22 heavy (non-hydrogen) atoms. The predicted octanol–water partition coefficient (Wildman–Crippen LogP) is 4.14. The molecule has 0 aliphatic heterocycles. The first kappa shape index (κ1) is 15.8. The van der Waals surface area contributed by atoms with Gasteiger partial charge in [0.2, 0.25) is 0 Å². The molecule has 0 atom stereocenters. The molecule has 0 aromatic heterocycles. The number of methoxy groups -OCH3 is 1. The summed E-state index contributed by atoms with van der Waals surface area (Å²) in [5.41, 5.74) is 0.833. The molecular weight excluding hydrogens is 310 g/mol. The van der Waals surface area contributed by atoms with E-state index in [1.54, 1.807) is 25.1 Å². The Morgan fingerprint density at radius 1 is 1.23 bits per heavy atom. The van der Waals surface area contributed by atoms with Crippen LogP contribution in [0.2, 0.25) is 5.02 Å². The number of carbonyl (C=O) groups is 1. The van der Waals surface area contributed by atoms with Crippen LogP contribution in [0.4, 0.5) is 5.69 Å². The van der Waals surface area contributed by atoms with Crippen molar-refractivity contribution in [3.63, 3.8) is 0 Å². The molecule has 0 radical (unpaired) electrons. The van der Waals surface area contributed by atoms with Gasteiger partial charge in [-0.2, -0.15) is 0 Å². The molecule has 0 fully saturated rings. The van der Waals surface area contributed by atoms with E-state index < -0.39 is 10.9 Å². The van der Waals surface area contributed by atoms with E-state index >= 15 is 0 Å². The lowest BCUT2D eigenvalue weighted by molar-refractivity contribution is -0.384. The molecule has 0 aliphatic rings. The third kappa shape index (κ3) is 3.17. The average molecular weight is 322 g/mol. The van der Waals surface area contributed by atoms with Crippen molar-refractivity contribution in [1.29, 1.82) is 0 Å². The van der Waals surface area contributed by atoms with E-state index in [-0.39, 0.29) is 16.5 Å². The van der Waals surface area contributed by atoms with Crippen LogP contribution in [0.15, 0.2) is 36.4 Å². The zero-order chi connectivity index (χ0) is 16.3. The molecule has 0 N–H and O–H groups in total. The Morgan fingerprint density at radius 2 is 1.95 bits per heavy atom. The smallest absolute Gasteiger partial charge is 0.338 e. The average Bonchev–Trinajstić information content (AvgIpc) is 2.50. The van der Waals surface area contributed by atoms with Crippen molar-refractivity contribution >= 4 is 23.3 Å². The topological polar surface area (TPSA) is 78.7 Å². The van der Waals surface area contributed by atoms with Gasteiger partial charge >= 0.3 is 5.97 Å². The zero-order valence-electron chi connectivity index (χ0n) is 11.8. The summed E-state index contributed by atoms with van der Waals surface area (Å²) in [5, 5.41) is 10.8. The van der Waals surface area contributed by atoms with Crippen molar-refractivity contribution in [2.75, 3.05) is 7.11 Å². The number of nitro benzene ring substituents is 1. The van der Waals surface area contributed by atoms with Gasteiger partial charge in [-0.3, -0.25) is 10.1 Å². The van der Waals surface area contributed by atoms with Gasteiger partial charge in [0.25, 0.3) is 5.69 Å². The van der Waals surface area contributed by atoms with Crippen molar-refractivity contribution in [2.45, 2.75) is 6.92 Å². The number of halogens is 1. The third-order valence-electron chi connectivity index (χ3n) is 3.04. The van der Waals surface area contributed by atoms with Crippen LogP contribution in [-0.2, 0) is 4.74 Å². The number of hydrogen-bond donors (Lipinski definition) is 0. The SMILES string of the molecule is COC(=O)c1cccc(Oc2ccc([N+](=O)[O-])cc2Cl)c1C. The molecule has 0 unspecified atom stereocenters. The van der Waals surface area contributed by atoms with Crippen molar-refractivity contribution in [1.82, 2.24) is 0 Å². The second kappa shape index (κ2) is 6.44. The van der Waals surface area contributed by atoms with Gasteiger partial charge < -0.3 is 9.47 Å². The molecule has 2 rings (SSSR count). The summed E-state index contributed by atoms with van der Waals surface area (Å²) >= 11 is 5.98. The number of hydrogen-bond acceptors (Lipinski definition) is 5. The quantitative estimate of drug-likeness (QED) is 0.480. The standard InChI is InChI=1S/C15H12ClNO5/c1-9-11(15(18)21-2)4-3-5-13(9)22-14-7-6-10(17(19)20)8-12(14)16/h3-8H,1-2H3. The number of rotatable bonds is 4. The van der Waals surface area contributed by atoms with E-state index in [9.17, 15) is 14.9 Å². The van der Waals surface area contributed by atoms with E-state index in [1.807, 2.05) is 0 Å². The van der Waals surface area contributed by atoms with Gasteiger partial charge in [0, 0.05) is 17.7 Å². The van der Waals surface area contributed by atoms with E-state index in [0.29, 0.717) is 16.9 Å². The van der Waals surface area contributed by atoms with Crippen LogP contribution in [-0.4, -0.2) is 18.0 Å². The lowest BCUT2D eigenvalue weighted by Crippen LogP contribution is -2.04. The third-order valence-corrected chi connectivity index (χ3v) is 3.33. The molecule has 6 nitrogen and oxygen atoms in total. The fraction of sp³-hybridized carbons (Fsp3) is 0.133. The van der Waals surface area contributed by atoms with E-state index in [2.05, 4.69) is 0 Å². The highest BCUT2D eigenvalue weighted by atomic mass is 35.5. The maximum Gasteiger partial charge on any atom is 0.338 e. The van der Waals surface area contributed by atoms with Crippen molar-refractivity contribution in [3.05, 3.63) is 62.7 Å². The first-order chi connectivity index (χ1) is 10.4. The highest BCUT2D eigenvalue weighted by molar-refractivity contribution is 6.32. The second-order valence-electron chi connectivity index (χ2n) is 4.39. The fourth-order valence-electron chi connectivity index (χ4n) is 1.86. The van der Waals surface area contributed by atoms with E-state index in [0.717, 1.165) is 0 Å². The first-order valence-electron chi connectivity index (χ1n) is 6.23. The largest absolute Gasteiger partial charge is 0.465 e. The fourth-order valence-corrected chi connectivity index (χ4v) is 2.07. The van der Waals surface area contributed by atoms with Crippen LogP contribution in [0.5, 0.6) is 11.5 Å². The highest BCUT2D eigenvalue weighted by Crippen LogP contribution is 2.34. The maximum absolute atomic E-state index is 11.6. The molecule has 0 saturated carbocycles. The minimum absolute atomic E-state index is 0.108. The summed E-state index contributed by atoms with van der Waals surface area (Å²) < 4.78 is 10.3. The van der Waals surface area contributed by atoms with Crippen molar-refractivity contribution < 1.29 is 19.2 Å². The Morgan fingerprint density at radius 3 is 2.55 bits per heavy atom. The van der Waals surface area contributed by atoms with Gasteiger partial charge in [0.1, 0.15) is 11.5 Å². The molecular formula is C15H12ClNO5. The Kier molecular flexibility index (Phi) is 4.62. The van der Waals surface area contributed by atoms with Crippen molar-refractivity contribution in [2.24, 2.45) is 0 Å². The number of carbonyl (C=O) groups excluding carboxylic acids is 1. The molecule has 0 heterocycles. The van der Waals surface area contributed by atoms with Crippen LogP contribution in [0.3, 0.4) is 0 Å². The summed E-state index contributed by atoms with van der Waals surface area (Å²) in [5.74, 6) is 0.203. The number of non-ortho nitro benzene ring substituents is 1. The lowest BCUT2D eigenvalue weighted by Gasteiger charge is -2.12. The molecule has 7 heteroatoms. The zero-order valence-corrected chi connectivity index (χ0v) is 12.6. The Bertz CT molecular complexity index is 745. The van der Waals surface area contributed by atoms with Crippen LogP contribution in [0.1, 0.15) is 15.9 Å². The molecule has 0 amide bonds. The molecule has 2 aromatic carbocycles. The number of nitrogens with zero attached hydrogens (tertiary/aromatic N) is 1. The van der Waals surface area contributed by atoms with Gasteiger partial charge in [0.05, 0.1) is 22.6 Å². The number of esters is 1. The van der Waals surface area contributed by atoms with Gasteiger partial charge in [-0.1, -0.05) is 17.7 Å². The molecule has 0 saturated heterocycles. The number of nitro groups is 1. The predicted molar refractivity (Wildman–Crippen MR) is 80.7 cm³/mol. The molecule has 0 aliphatic carbocycles. The van der Waals surface area contributed by atoms with Gasteiger partial charge in [-0.05, 0) is 25.1 Å². The van der Waals surface area contributed by atoms with Crippen LogP contribution in [0, 0.1) is 17.0 Å². The summed E-state index contributed by atoms with van der Waals surface area (Å²) in [6.07, 6.45) is 0. The number of benzene rings is 2. The molecule has 0 bridgehead atoms. The first-order valence-corrected chi connectivity index (χ1v) is 6.61. The van der Waals surface area contributed by atoms with Gasteiger partial charge in [-0.25, -0.2) is 4.79 Å². The molecule has 0 spiro atoms. The summed E-state index contributed by atoms with van der Waals surface area (Å²) in [7, 11) is 1.29. The maximum atomic E-state index is 11.6. The van der Waals surface area contributed by atoms with Gasteiger partial charge in [0.15, 0.2) is 0 Å². The van der Waals surface area contributed by atoms with E-state index in [1.165, 1.54) is 25.3 Å². The van der Waals surface area contributed by atoms with Crippen LogP contribution < -0.4 is 4.74 Å². The normalized spacial score (nSPS) is 10.1. The lowest BCUT2D eigenvalue weighted by atomic mass is 10.1. The Labute approximate surface area is 131 Å². The minimum atomic E-state index is -0.543. The van der Waals surface area contributed by atoms with Gasteiger partial charge in [-0.15, -0.1) is 0 Å². The molecule has 114 valence electrons. The summed E-state index contributed by atoms with van der Waals surface area (Å²) in [4.78, 5) is 21.8. The monoisotopic (exact) mass is 321 g/mol. The van der Waals surface area contributed by atoms with Crippen LogP contribution >= 0.6 is 11.6 Å². The Balaban J connectivity index is 2.36. The second-order valence-corrected chi connectivity index (χ2v) is 4.80. The van der Waals surface area contributed by atoms with Crippen molar-refractivity contribution in [3.8, 4) is 11.5 Å². The summed E-state index contributed by atoms with van der Waals surface area (Å²) in [6.45, 7) is 1.71. The van der Waals surface area contributed by atoms with Crippen LogP contribution in [0.25, 0.3) is 0 Å². The summed E-state index contributed by atoms with van der Waals surface area (Å²) in [6, 6.07) is 8.83. The Hall–Kier alpha value is -2.60. The highest BCUT2D eigenvalue weighted by Gasteiger charge is 2.15.